The van der Waals surface area contributed by atoms with Crippen LogP contribution in [-0.4, -0.2) is 29.4 Å². The predicted octanol–water partition coefficient (Wildman–Crippen LogP) is 0.417. The van der Waals surface area contributed by atoms with Gasteiger partial charge in [0.2, 0.25) is 0 Å². The Morgan fingerprint density at radius 2 is 2.25 bits per heavy atom. The van der Waals surface area contributed by atoms with Crippen molar-refractivity contribution in [1.82, 2.24) is 0 Å². The molecule has 0 aromatic heterocycles. The second kappa shape index (κ2) is 5.08. The van der Waals surface area contributed by atoms with Crippen molar-refractivity contribution in [2.24, 2.45) is 0 Å². The summed E-state index contributed by atoms with van der Waals surface area (Å²) in [6, 6.07) is 0. The molecule has 8 heteroatoms. The summed E-state index contributed by atoms with van der Waals surface area (Å²) < 4.78 is 15.2. The Morgan fingerprint density at radius 3 is 2.67 bits per heavy atom. The van der Waals surface area contributed by atoms with Gasteiger partial charge < -0.3 is 14.3 Å². The molecule has 0 aliphatic rings. The maximum Gasteiger partial charge on any atom is 0.330 e. The van der Waals surface area contributed by atoms with Crippen molar-refractivity contribution in [3.8, 4) is 0 Å². The van der Waals surface area contributed by atoms with Crippen molar-refractivity contribution in [2.75, 3.05) is 19.4 Å². The molecule has 0 aliphatic heterocycles. The zero-order valence-corrected chi connectivity index (χ0v) is 7.40. The van der Waals surface area contributed by atoms with Crippen molar-refractivity contribution in [1.29, 1.82) is 0 Å². The lowest BCUT2D eigenvalue weighted by molar-refractivity contribution is -0.756. The molecule has 1 N–H and O–H groups in total. The van der Waals surface area contributed by atoms with E-state index in [1.54, 1.807) is 6.92 Å². The van der Waals surface area contributed by atoms with E-state index in [0.29, 0.717) is 0 Å². The van der Waals surface area contributed by atoms with Crippen LogP contribution in [0.3, 0.4) is 0 Å². The Balaban J connectivity index is 3.61. The molecule has 7 nitrogen and oxygen atoms in total. The van der Waals surface area contributed by atoms with Gasteiger partial charge in [-0.1, -0.05) is 0 Å². The van der Waals surface area contributed by atoms with Gasteiger partial charge in [-0.2, -0.15) is 0 Å². The van der Waals surface area contributed by atoms with Gasteiger partial charge in [-0.3, -0.25) is 4.57 Å². The number of hydrogen-bond donors (Lipinski definition) is 1. The largest absolute Gasteiger partial charge is 0.330 e. The van der Waals surface area contributed by atoms with Gasteiger partial charge in [0, 0.05) is 0 Å². The molecule has 0 spiro atoms. The minimum Gasteiger partial charge on any atom is -0.324 e. The van der Waals surface area contributed by atoms with Crippen molar-refractivity contribution in [3.05, 3.63) is 10.1 Å². The fourth-order valence-electron chi connectivity index (χ4n) is 0.497. The molecular weight excluding hydrogens is 189 g/mol. The van der Waals surface area contributed by atoms with E-state index >= 15 is 0 Å². The second-order valence-corrected chi connectivity index (χ2v) is 3.82. The van der Waals surface area contributed by atoms with Crippen LogP contribution in [-0.2, 0) is 13.9 Å². The Hall–Kier alpha value is -0.650. The maximum atomic E-state index is 10.8. The second-order valence-electron chi connectivity index (χ2n) is 1.84. The highest BCUT2D eigenvalue weighted by atomic mass is 31.2. The molecule has 0 aromatic rings. The van der Waals surface area contributed by atoms with Crippen LogP contribution >= 0.6 is 7.60 Å². The summed E-state index contributed by atoms with van der Waals surface area (Å²) in [5.41, 5.74) is 0. The normalized spacial score (nSPS) is 15.2. The van der Waals surface area contributed by atoms with Gasteiger partial charge >= 0.3 is 7.60 Å². The van der Waals surface area contributed by atoms with Crippen LogP contribution in [0.25, 0.3) is 0 Å². The van der Waals surface area contributed by atoms with E-state index in [4.69, 9.17) is 4.89 Å². The molecule has 0 saturated carbocycles. The summed E-state index contributed by atoms with van der Waals surface area (Å²) in [5, 5.41) is 8.59. The molecule has 1 unspecified atom stereocenters. The highest BCUT2D eigenvalue weighted by molar-refractivity contribution is 7.52. The van der Waals surface area contributed by atoms with Gasteiger partial charge in [-0.15, -0.1) is 10.1 Å². The Bertz CT molecular complexity index is 194. The fourth-order valence-corrected chi connectivity index (χ4v) is 1.34. The van der Waals surface area contributed by atoms with Gasteiger partial charge in [0.25, 0.3) is 5.09 Å². The molecular formula is C4H10NO6P. The van der Waals surface area contributed by atoms with Crippen LogP contribution in [0.15, 0.2) is 0 Å². The maximum absolute atomic E-state index is 10.8. The number of rotatable bonds is 6. The molecule has 0 radical (unpaired) electrons. The van der Waals surface area contributed by atoms with Crippen LogP contribution in [0.5, 0.6) is 0 Å². The molecule has 12 heavy (non-hydrogen) atoms. The van der Waals surface area contributed by atoms with Crippen molar-refractivity contribution < 1.29 is 23.9 Å². The van der Waals surface area contributed by atoms with E-state index in [2.05, 4.69) is 9.36 Å². The monoisotopic (exact) mass is 199 g/mol. The first-order chi connectivity index (χ1) is 5.48. The van der Waals surface area contributed by atoms with Gasteiger partial charge in [0.05, 0.1) is 12.8 Å². The smallest absolute Gasteiger partial charge is 0.324 e. The topological polar surface area (TPSA) is 98.9 Å². The third kappa shape index (κ3) is 6.09. The Kier molecular flexibility index (Phi) is 4.80. The summed E-state index contributed by atoms with van der Waals surface area (Å²) in [6.45, 7) is 1.21. The van der Waals surface area contributed by atoms with Gasteiger partial charge in [-0.05, 0) is 6.92 Å². The molecule has 0 aliphatic carbocycles. The third-order valence-electron chi connectivity index (χ3n) is 0.901. The van der Waals surface area contributed by atoms with Crippen LogP contribution in [0.2, 0.25) is 0 Å². The van der Waals surface area contributed by atoms with Crippen LogP contribution in [0.4, 0.5) is 0 Å². The standard InChI is InChI=1S/C4H10NO6P/c1-2-11-12(8,9)4-3-10-5(6)7/h2-4H2,1H3,(H,8,9). The summed E-state index contributed by atoms with van der Waals surface area (Å²) in [7, 11) is -3.68. The highest BCUT2D eigenvalue weighted by Gasteiger charge is 2.18. The Labute approximate surface area is 68.9 Å². The molecule has 72 valence electrons. The third-order valence-corrected chi connectivity index (χ3v) is 2.31. The molecule has 0 aromatic carbocycles. The number of nitrogens with zero attached hydrogens (tertiary/aromatic N) is 1. The lowest BCUT2D eigenvalue weighted by Gasteiger charge is -2.08. The highest BCUT2D eigenvalue weighted by Crippen LogP contribution is 2.40. The van der Waals surface area contributed by atoms with Crippen LogP contribution in [0.1, 0.15) is 6.92 Å². The molecule has 0 heterocycles. The summed E-state index contributed by atoms with van der Waals surface area (Å²) in [4.78, 5) is 22.3. The predicted molar refractivity (Wildman–Crippen MR) is 39.3 cm³/mol. The van der Waals surface area contributed by atoms with Crippen LogP contribution in [0, 0.1) is 10.1 Å². The summed E-state index contributed by atoms with van der Waals surface area (Å²) in [5.74, 6) is 0. The lowest BCUT2D eigenvalue weighted by atomic mass is 10.9. The quantitative estimate of drug-likeness (QED) is 0.378. The fraction of sp³-hybridized carbons (Fsp3) is 1.00. The molecule has 0 saturated heterocycles. The van der Waals surface area contributed by atoms with E-state index in [0.717, 1.165) is 0 Å². The average molecular weight is 199 g/mol. The zero-order valence-electron chi connectivity index (χ0n) is 6.50. The minimum absolute atomic E-state index is 0.0895. The van der Waals surface area contributed by atoms with Crippen molar-refractivity contribution >= 4 is 7.60 Å². The van der Waals surface area contributed by atoms with E-state index in [1.807, 2.05) is 0 Å². The molecule has 0 amide bonds. The number of hydrogen-bond acceptors (Lipinski definition) is 5. The van der Waals surface area contributed by atoms with Crippen LogP contribution < -0.4 is 0 Å². The molecule has 0 fully saturated rings. The first-order valence-electron chi connectivity index (χ1n) is 3.21. The average Bonchev–Trinajstić information content (AvgIpc) is 1.85. The van der Waals surface area contributed by atoms with E-state index < -0.39 is 19.3 Å². The lowest BCUT2D eigenvalue weighted by Crippen LogP contribution is -2.07. The first-order valence-corrected chi connectivity index (χ1v) is 4.98. The van der Waals surface area contributed by atoms with E-state index in [-0.39, 0.29) is 12.8 Å². The zero-order chi connectivity index (χ0) is 9.61. The summed E-state index contributed by atoms with van der Waals surface area (Å²) in [6.07, 6.45) is -0.373. The summed E-state index contributed by atoms with van der Waals surface area (Å²) >= 11 is 0. The van der Waals surface area contributed by atoms with Crippen molar-refractivity contribution in [2.45, 2.75) is 6.92 Å². The van der Waals surface area contributed by atoms with Gasteiger partial charge in [0.15, 0.2) is 0 Å². The van der Waals surface area contributed by atoms with E-state index in [1.165, 1.54) is 0 Å². The molecule has 0 bridgehead atoms. The molecule has 1 atom stereocenters. The minimum atomic E-state index is -3.68. The van der Waals surface area contributed by atoms with Gasteiger partial charge in [-0.25, -0.2) is 0 Å². The Morgan fingerprint density at radius 1 is 1.67 bits per heavy atom. The van der Waals surface area contributed by atoms with Crippen molar-refractivity contribution in [3.63, 3.8) is 0 Å². The molecule has 0 rings (SSSR count). The SMILES string of the molecule is CCOP(=O)(O)CCO[N+](=O)[O-]. The van der Waals surface area contributed by atoms with E-state index in [9.17, 15) is 14.7 Å². The van der Waals surface area contributed by atoms with Gasteiger partial charge in [0.1, 0.15) is 6.61 Å². The first kappa shape index (κ1) is 11.4.